The van der Waals surface area contributed by atoms with Crippen molar-refractivity contribution in [2.45, 2.75) is 65.7 Å². The zero-order valence-electron chi connectivity index (χ0n) is 13.1. The van der Waals surface area contributed by atoms with Gasteiger partial charge in [-0.3, -0.25) is 0 Å². The molecule has 0 aliphatic heterocycles. The SMILES string of the molecule is CCCC(N)c1cc(Cl)c(OC(C)C)cc1OC(C)C. The molecule has 20 heavy (non-hydrogen) atoms. The van der Waals surface area contributed by atoms with Crippen molar-refractivity contribution >= 4 is 11.6 Å². The number of benzene rings is 1. The normalized spacial score (nSPS) is 12.8. The Hall–Kier alpha value is -0.930. The van der Waals surface area contributed by atoms with Crippen molar-refractivity contribution in [3.8, 4) is 11.5 Å². The molecule has 0 saturated carbocycles. The third-order valence-electron chi connectivity index (χ3n) is 2.79. The Morgan fingerprint density at radius 1 is 1.05 bits per heavy atom. The number of hydrogen-bond donors (Lipinski definition) is 1. The molecule has 1 unspecified atom stereocenters. The van der Waals surface area contributed by atoms with E-state index in [0.29, 0.717) is 10.8 Å². The molecule has 4 heteroatoms. The van der Waals surface area contributed by atoms with Crippen LogP contribution >= 0.6 is 11.6 Å². The molecular weight excluding hydrogens is 274 g/mol. The minimum absolute atomic E-state index is 0.0644. The van der Waals surface area contributed by atoms with Gasteiger partial charge in [0.1, 0.15) is 11.5 Å². The summed E-state index contributed by atoms with van der Waals surface area (Å²) in [5, 5.41) is 0.580. The summed E-state index contributed by atoms with van der Waals surface area (Å²) >= 11 is 6.29. The average Bonchev–Trinajstić information content (AvgIpc) is 2.32. The van der Waals surface area contributed by atoms with Crippen molar-refractivity contribution in [1.82, 2.24) is 0 Å². The van der Waals surface area contributed by atoms with Crippen LogP contribution < -0.4 is 15.2 Å². The van der Waals surface area contributed by atoms with E-state index in [0.717, 1.165) is 24.2 Å². The van der Waals surface area contributed by atoms with Crippen LogP contribution in [0.5, 0.6) is 11.5 Å². The first-order valence-electron chi connectivity index (χ1n) is 7.27. The Labute approximate surface area is 127 Å². The van der Waals surface area contributed by atoms with Gasteiger partial charge in [-0.25, -0.2) is 0 Å². The molecule has 0 radical (unpaired) electrons. The van der Waals surface area contributed by atoms with E-state index >= 15 is 0 Å². The number of halogens is 1. The van der Waals surface area contributed by atoms with Crippen molar-refractivity contribution in [3.63, 3.8) is 0 Å². The largest absolute Gasteiger partial charge is 0.491 e. The van der Waals surface area contributed by atoms with Crippen LogP contribution in [0, 0.1) is 0 Å². The molecule has 0 amide bonds. The van der Waals surface area contributed by atoms with Gasteiger partial charge >= 0.3 is 0 Å². The highest BCUT2D eigenvalue weighted by Gasteiger charge is 2.17. The summed E-state index contributed by atoms with van der Waals surface area (Å²) in [7, 11) is 0. The topological polar surface area (TPSA) is 44.5 Å². The van der Waals surface area contributed by atoms with E-state index in [1.54, 1.807) is 0 Å². The van der Waals surface area contributed by atoms with Crippen molar-refractivity contribution < 1.29 is 9.47 Å². The Balaban J connectivity index is 3.17. The van der Waals surface area contributed by atoms with Gasteiger partial charge in [0.2, 0.25) is 0 Å². The smallest absolute Gasteiger partial charge is 0.141 e. The Morgan fingerprint density at radius 2 is 1.60 bits per heavy atom. The molecule has 1 atom stereocenters. The monoisotopic (exact) mass is 299 g/mol. The molecule has 114 valence electrons. The minimum Gasteiger partial charge on any atom is -0.491 e. The first-order chi connectivity index (χ1) is 9.35. The fourth-order valence-electron chi connectivity index (χ4n) is 2.01. The predicted octanol–water partition coefficient (Wildman–Crippen LogP) is 4.71. The summed E-state index contributed by atoms with van der Waals surface area (Å²) in [6, 6.07) is 3.66. The van der Waals surface area contributed by atoms with E-state index < -0.39 is 0 Å². The van der Waals surface area contributed by atoms with Gasteiger partial charge in [0.25, 0.3) is 0 Å². The second-order valence-electron chi connectivity index (χ2n) is 5.55. The summed E-state index contributed by atoms with van der Waals surface area (Å²) in [6.07, 6.45) is 2.06. The van der Waals surface area contributed by atoms with Gasteiger partial charge in [0.05, 0.1) is 17.2 Å². The van der Waals surface area contributed by atoms with Crippen molar-refractivity contribution in [2.24, 2.45) is 5.73 Å². The molecule has 2 N–H and O–H groups in total. The van der Waals surface area contributed by atoms with Crippen molar-refractivity contribution in [2.75, 3.05) is 0 Å². The summed E-state index contributed by atoms with van der Waals surface area (Å²) in [5.41, 5.74) is 7.17. The summed E-state index contributed by atoms with van der Waals surface area (Å²) in [5.74, 6) is 1.41. The first kappa shape index (κ1) is 17.1. The Bertz CT molecular complexity index is 433. The number of ether oxygens (including phenoxy) is 2. The Kier molecular flexibility index (Phi) is 6.63. The maximum atomic E-state index is 6.29. The van der Waals surface area contributed by atoms with E-state index in [-0.39, 0.29) is 18.2 Å². The zero-order valence-corrected chi connectivity index (χ0v) is 13.8. The molecule has 0 spiro atoms. The average molecular weight is 300 g/mol. The van der Waals surface area contributed by atoms with E-state index in [4.69, 9.17) is 26.8 Å². The van der Waals surface area contributed by atoms with Gasteiger partial charge in [-0.1, -0.05) is 24.9 Å². The van der Waals surface area contributed by atoms with E-state index in [9.17, 15) is 0 Å². The molecule has 1 aromatic carbocycles. The molecule has 0 saturated heterocycles. The third-order valence-corrected chi connectivity index (χ3v) is 3.08. The van der Waals surface area contributed by atoms with Crippen LogP contribution in [0.15, 0.2) is 12.1 Å². The molecule has 1 aromatic rings. The van der Waals surface area contributed by atoms with Crippen LogP contribution in [0.2, 0.25) is 5.02 Å². The Morgan fingerprint density at radius 3 is 2.10 bits per heavy atom. The van der Waals surface area contributed by atoms with Gasteiger partial charge in [0, 0.05) is 17.7 Å². The van der Waals surface area contributed by atoms with Crippen LogP contribution in [-0.2, 0) is 0 Å². The van der Waals surface area contributed by atoms with Crippen LogP contribution in [0.4, 0.5) is 0 Å². The fraction of sp³-hybridized carbons (Fsp3) is 0.625. The van der Waals surface area contributed by atoms with Crippen molar-refractivity contribution in [1.29, 1.82) is 0 Å². The molecule has 0 aliphatic rings. The van der Waals surface area contributed by atoms with E-state index in [1.807, 2.05) is 39.8 Å². The van der Waals surface area contributed by atoms with Crippen LogP contribution in [0.25, 0.3) is 0 Å². The third kappa shape index (κ3) is 4.88. The van der Waals surface area contributed by atoms with Gasteiger partial charge < -0.3 is 15.2 Å². The molecule has 1 rings (SSSR count). The number of nitrogens with two attached hydrogens (primary N) is 1. The fourth-order valence-corrected chi connectivity index (χ4v) is 2.22. The maximum Gasteiger partial charge on any atom is 0.141 e. The van der Waals surface area contributed by atoms with Crippen LogP contribution in [0.3, 0.4) is 0 Å². The molecule has 0 aliphatic carbocycles. The minimum atomic E-state index is -0.0700. The molecule has 0 fully saturated rings. The molecule has 3 nitrogen and oxygen atoms in total. The zero-order chi connectivity index (χ0) is 15.3. The molecule has 0 heterocycles. The number of hydrogen-bond acceptors (Lipinski definition) is 3. The van der Waals surface area contributed by atoms with Gasteiger partial charge in [-0.05, 0) is 40.2 Å². The lowest BCUT2D eigenvalue weighted by atomic mass is 10.0. The van der Waals surface area contributed by atoms with Gasteiger partial charge in [-0.2, -0.15) is 0 Å². The summed E-state index contributed by atoms with van der Waals surface area (Å²) in [6.45, 7) is 10.0. The lowest BCUT2D eigenvalue weighted by Crippen LogP contribution is -2.15. The first-order valence-corrected chi connectivity index (χ1v) is 7.65. The summed E-state index contributed by atoms with van der Waals surface area (Å²) < 4.78 is 11.6. The quantitative estimate of drug-likeness (QED) is 0.792. The predicted molar refractivity (Wildman–Crippen MR) is 84.8 cm³/mol. The van der Waals surface area contributed by atoms with Crippen LogP contribution in [-0.4, -0.2) is 12.2 Å². The van der Waals surface area contributed by atoms with Crippen molar-refractivity contribution in [3.05, 3.63) is 22.7 Å². The number of rotatable bonds is 7. The summed E-state index contributed by atoms with van der Waals surface area (Å²) in [4.78, 5) is 0. The highest BCUT2D eigenvalue weighted by molar-refractivity contribution is 6.32. The lowest BCUT2D eigenvalue weighted by Gasteiger charge is -2.21. The van der Waals surface area contributed by atoms with Crippen LogP contribution in [0.1, 0.15) is 59.1 Å². The van der Waals surface area contributed by atoms with E-state index in [1.165, 1.54) is 0 Å². The highest BCUT2D eigenvalue weighted by atomic mass is 35.5. The van der Waals surface area contributed by atoms with Gasteiger partial charge in [0.15, 0.2) is 0 Å². The second kappa shape index (κ2) is 7.75. The lowest BCUT2D eigenvalue weighted by molar-refractivity contribution is 0.226. The molecule has 0 bridgehead atoms. The molecule has 0 aromatic heterocycles. The molecular formula is C16H26ClNO2. The van der Waals surface area contributed by atoms with Gasteiger partial charge in [-0.15, -0.1) is 0 Å². The standard InChI is InChI=1S/C16H26ClNO2/c1-6-7-14(18)12-8-13(17)16(20-11(4)5)9-15(12)19-10(2)3/h8-11,14H,6-7,18H2,1-5H3. The highest BCUT2D eigenvalue weighted by Crippen LogP contribution is 2.37. The maximum absolute atomic E-state index is 6.29. The van der Waals surface area contributed by atoms with E-state index in [2.05, 4.69) is 6.92 Å². The second-order valence-corrected chi connectivity index (χ2v) is 5.96.